The monoisotopic (exact) mass is 366 g/mol. The van der Waals surface area contributed by atoms with Crippen molar-refractivity contribution in [1.82, 2.24) is 9.80 Å². The molecule has 2 aliphatic rings. The molecule has 142 valence electrons. The number of rotatable bonds is 4. The van der Waals surface area contributed by atoms with E-state index in [2.05, 4.69) is 4.90 Å². The summed E-state index contributed by atoms with van der Waals surface area (Å²) in [6.45, 7) is 4.67. The number of benzene rings is 2. The van der Waals surface area contributed by atoms with E-state index < -0.39 is 0 Å². The van der Waals surface area contributed by atoms with Crippen molar-refractivity contribution in [3.63, 3.8) is 0 Å². The first-order valence-corrected chi connectivity index (χ1v) is 10.0. The summed E-state index contributed by atoms with van der Waals surface area (Å²) in [4.78, 5) is 17.4. The SMILES string of the molecule is O=C(c1ccccc1)N1C[C@H](CN2CCCCC2)[C@H](c2cccc(F)c2)C1. The molecule has 2 aliphatic heterocycles. The molecule has 2 heterocycles. The van der Waals surface area contributed by atoms with Crippen LogP contribution in [0.5, 0.6) is 0 Å². The number of halogens is 1. The minimum Gasteiger partial charge on any atom is -0.338 e. The summed E-state index contributed by atoms with van der Waals surface area (Å²) in [6.07, 6.45) is 3.82. The van der Waals surface area contributed by atoms with E-state index in [9.17, 15) is 9.18 Å². The molecule has 27 heavy (non-hydrogen) atoms. The molecule has 1 amide bonds. The molecule has 0 aliphatic carbocycles. The van der Waals surface area contributed by atoms with E-state index in [1.54, 1.807) is 12.1 Å². The number of carbonyl (C=O) groups is 1. The van der Waals surface area contributed by atoms with Gasteiger partial charge in [-0.2, -0.15) is 0 Å². The molecule has 2 aromatic rings. The second kappa shape index (κ2) is 8.22. The maximum Gasteiger partial charge on any atom is 0.253 e. The van der Waals surface area contributed by atoms with Gasteiger partial charge in [0.1, 0.15) is 5.82 Å². The van der Waals surface area contributed by atoms with Crippen molar-refractivity contribution in [2.24, 2.45) is 5.92 Å². The molecule has 0 bridgehead atoms. The molecule has 4 heteroatoms. The lowest BCUT2D eigenvalue weighted by atomic mass is 9.88. The van der Waals surface area contributed by atoms with Gasteiger partial charge in [-0.1, -0.05) is 36.8 Å². The van der Waals surface area contributed by atoms with Gasteiger partial charge in [0.15, 0.2) is 0 Å². The molecule has 3 nitrogen and oxygen atoms in total. The van der Waals surface area contributed by atoms with Crippen LogP contribution in [0.2, 0.25) is 0 Å². The largest absolute Gasteiger partial charge is 0.338 e. The van der Waals surface area contributed by atoms with Crippen LogP contribution >= 0.6 is 0 Å². The molecule has 2 aromatic carbocycles. The second-order valence-corrected chi connectivity index (χ2v) is 7.86. The van der Waals surface area contributed by atoms with Gasteiger partial charge in [0.2, 0.25) is 0 Å². The summed E-state index contributed by atoms with van der Waals surface area (Å²) in [7, 11) is 0. The van der Waals surface area contributed by atoms with Crippen molar-refractivity contribution >= 4 is 5.91 Å². The Labute approximate surface area is 160 Å². The Morgan fingerprint density at radius 1 is 0.963 bits per heavy atom. The fourth-order valence-electron chi connectivity index (χ4n) is 4.57. The number of likely N-dealkylation sites (tertiary alicyclic amines) is 2. The van der Waals surface area contributed by atoms with E-state index in [0.29, 0.717) is 12.5 Å². The van der Waals surface area contributed by atoms with Gasteiger partial charge in [-0.25, -0.2) is 4.39 Å². The lowest BCUT2D eigenvalue weighted by Gasteiger charge is -2.31. The average molecular weight is 366 g/mol. The van der Waals surface area contributed by atoms with Crippen molar-refractivity contribution < 1.29 is 9.18 Å². The Morgan fingerprint density at radius 3 is 2.48 bits per heavy atom. The Kier molecular flexibility index (Phi) is 5.53. The van der Waals surface area contributed by atoms with Crippen LogP contribution in [0.25, 0.3) is 0 Å². The molecule has 2 saturated heterocycles. The Morgan fingerprint density at radius 2 is 1.74 bits per heavy atom. The molecule has 0 spiro atoms. The standard InChI is InChI=1S/C23H27FN2O/c24-21-11-7-10-19(14-21)22-17-26(23(27)18-8-3-1-4-9-18)16-20(22)15-25-12-5-2-6-13-25/h1,3-4,7-11,14,20,22H,2,5-6,12-13,15-17H2/t20-,22-/m0/s1. The summed E-state index contributed by atoms with van der Waals surface area (Å²) in [6, 6.07) is 16.4. The van der Waals surface area contributed by atoms with Crippen molar-refractivity contribution in [2.75, 3.05) is 32.7 Å². The fourth-order valence-corrected chi connectivity index (χ4v) is 4.57. The van der Waals surface area contributed by atoms with Crippen LogP contribution in [-0.2, 0) is 0 Å². The topological polar surface area (TPSA) is 23.6 Å². The van der Waals surface area contributed by atoms with Crippen LogP contribution < -0.4 is 0 Å². The molecular formula is C23H27FN2O. The highest BCUT2D eigenvalue weighted by Gasteiger charge is 2.37. The van der Waals surface area contributed by atoms with Crippen LogP contribution in [0, 0.1) is 11.7 Å². The first-order valence-electron chi connectivity index (χ1n) is 10.0. The molecule has 0 saturated carbocycles. The van der Waals surface area contributed by atoms with Crippen LogP contribution in [0.1, 0.15) is 41.1 Å². The highest BCUT2D eigenvalue weighted by Crippen LogP contribution is 2.35. The third-order valence-electron chi connectivity index (χ3n) is 5.97. The molecular weight excluding hydrogens is 339 g/mol. The van der Waals surface area contributed by atoms with Crippen molar-refractivity contribution in [2.45, 2.75) is 25.2 Å². The number of hydrogen-bond acceptors (Lipinski definition) is 2. The van der Waals surface area contributed by atoms with Crippen molar-refractivity contribution in [3.8, 4) is 0 Å². The second-order valence-electron chi connectivity index (χ2n) is 7.86. The molecule has 0 radical (unpaired) electrons. The quantitative estimate of drug-likeness (QED) is 0.811. The van der Waals surface area contributed by atoms with E-state index in [1.807, 2.05) is 41.3 Å². The summed E-state index contributed by atoms with van der Waals surface area (Å²) < 4.78 is 13.8. The number of nitrogens with zero attached hydrogens (tertiary/aromatic N) is 2. The van der Waals surface area contributed by atoms with Crippen molar-refractivity contribution in [3.05, 3.63) is 71.5 Å². The third kappa shape index (κ3) is 4.22. The van der Waals surface area contributed by atoms with E-state index >= 15 is 0 Å². The van der Waals surface area contributed by atoms with E-state index in [0.717, 1.165) is 37.3 Å². The van der Waals surface area contributed by atoms with Crippen molar-refractivity contribution in [1.29, 1.82) is 0 Å². The zero-order valence-corrected chi connectivity index (χ0v) is 15.7. The van der Waals surface area contributed by atoms with Gasteiger partial charge in [-0.15, -0.1) is 0 Å². The zero-order chi connectivity index (χ0) is 18.6. The summed E-state index contributed by atoms with van der Waals surface area (Å²) >= 11 is 0. The zero-order valence-electron chi connectivity index (χ0n) is 15.7. The van der Waals surface area contributed by atoms with Gasteiger partial charge >= 0.3 is 0 Å². The van der Waals surface area contributed by atoms with Gasteiger partial charge < -0.3 is 9.80 Å². The fraction of sp³-hybridized carbons (Fsp3) is 0.435. The summed E-state index contributed by atoms with van der Waals surface area (Å²) in [5.41, 5.74) is 1.74. The van der Waals surface area contributed by atoms with Crippen LogP contribution in [0.3, 0.4) is 0 Å². The number of hydrogen-bond donors (Lipinski definition) is 0. The maximum atomic E-state index is 13.8. The molecule has 2 fully saturated rings. The molecule has 2 atom stereocenters. The number of amides is 1. The Hall–Kier alpha value is -2.20. The number of carbonyl (C=O) groups excluding carboxylic acids is 1. The third-order valence-corrected chi connectivity index (χ3v) is 5.97. The molecule has 0 N–H and O–H groups in total. The van der Waals surface area contributed by atoms with Crippen LogP contribution in [-0.4, -0.2) is 48.4 Å². The van der Waals surface area contributed by atoms with Crippen LogP contribution in [0.4, 0.5) is 4.39 Å². The summed E-state index contributed by atoms with van der Waals surface area (Å²) in [5.74, 6) is 0.419. The summed E-state index contributed by atoms with van der Waals surface area (Å²) in [5, 5.41) is 0. The first kappa shape index (κ1) is 18.2. The van der Waals surface area contributed by atoms with E-state index in [4.69, 9.17) is 0 Å². The molecule has 0 aromatic heterocycles. The average Bonchev–Trinajstić information content (AvgIpc) is 3.12. The highest BCUT2D eigenvalue weighted by molar-refractivity contribution is 5.94. The lowest BCUT2D eigenvalue weighted by molar-refractivity contribution is 0.0782. The normalized spacial score (nSPS) is 23.5. The van der Waals surface area contributed by atoms with Gasteiger partial charge in [-0.05, 0) is 61.7 Å². The lowest BCUT2D eigenvalue weighted by Crippen LogP contribution is -2.36. The van der Waals surface area contributed by atoms with E-state index in [1.165, 1.54) is 25.3 Å². The number of piperidine rings is 1. The van der Waals surface area contributed by atoms with Gasteiger partial charge in [0.25, 0.3) is 5.91 Å². The minimum absolute atomic E-state index is 0.0816. The van der Waals surface area contributed by atoms with Crippen LogP contribution in [0.15, 0.2) is 54.6 Å². The molecule has 4 rings (SSSR count). The predicted octanol–water partition coefficient (Wildman–Crippen LogP) is 4.17. The maximum absolute atomic E-state index is 13.8. The van der Waals surface area contributed by atoms with Gasteiger partial charge in [0, 0.05) is 31.1 Å². The Balaban J connectivity index is 1.55. The molecule has 0 unspecified atom stereocenters. The smallest absolute Gasteiger partial charge is 0.253 e. The first-order chi connectivity index (χ1) is 13.2. The minimum atomic E-state index is -0.197. The van der Waals surface area contributed by atoms with Gasteiger partial charge in [-0.3, -0.25) is 4.79 Å². The predicted molar refractivity (Wildman–Crippen MR) is 105 cm³/mol. The van der Waals surface area contributed by atoms with Gasteiger partial charge in [0.05, 0.1) is 0 Å². The Bertz CT molecular complexity index is 773. The highest BCUT2D eigenvalue weighted by atomic mass is 19.1. The van der Waals surface area contributed by atoms with E-state index in [-0.39, 0.29) is 17.6 Å².